The van der Waals surface area contributed by atoms with Gasteiger partial charge >= 0.3 is 0 Å². The molecule has 3 aliphatic rings. The first kappa shape index (κ1) is 18.6. The van der Waals surface area contributed by atoms with E-state index < -0.39 is 5.92 Å². The molecule has 2 aromatic rings. The number of hydrogen-bond acceptors (Lipinski definition) is 4. The Balaban J connectivity index is 1.26. The van der Waals surface area contributed by atoms with Crippen LogP contribution in [-0.4, -0.2) is 57.6 Å². The molecule has 3 fully saturated rings. The number of rotatable bonds is 4. The molecule has 0 N–H and O–H groups in total. The molecule has 4 heterocycles. The molecule has 28 heavy (non-hydrogen) atoms. The van der Waals surface area contributed by atoms with Gasteiger partial charge in [0.05, 0.1) is 5.69 Å². The number of halogens is 3. The van der Waals surface area contributed by atoms with Crippen molar-refractivity contribution in [3.8, 4) is 0 Å². The molecule has 1 saturated carbocycles. The van der Waals surface area contributed by atoms with Gasteiger partial charge in [0.2, 0.25) is 0 Å². The maximum absolute atomic E-state index is 13.4. The molecular weight excluding hydrogens is 384 g/mol. The summed E-state index contributed by atoms with van der Waals surface area (Å²) in [4.78, 5) is 4.55. The molecule has 1 aliphatic carbocycles. The monoisotopic (exact) mass is 409 g/mol. The van der Waals surface area contributed by atoms with Crippen LogP contribution in [-0.2, 0) is 6.42 Å². The highest BCUT2D eigenvalue weighted by atomic mass is 35.5. The van der Waals surface area contributed by atoms with Crippen molar-refractivity contribution >= 4 is 22.9 Å². The van der Waals surface area contributed by atoms with Crippen LogP contribution in [0.2, 0.25) is 5.02 Å². The third kappa shape index (κ3) is 3.59. The van der Waals surface area contributed by atoms with Crippen LogP contribution in [0.1, 0.15) is 44.3 Å². The highest BCUT2D eigenvalue weighted by Gasteiger charge is 2.37. The van der Waals surface area contributed by atoms with Crippen molar-refractivity contribution in [3.63, 3.8) is 0 Å². The Morgan fingerprint density at radius 2 is 1.75 bits per heavy atom. The standard InChI is InChI=1S/C20H26ClF2N5/c21-18-16(5-10-28-17(13-14-1-2-14)24-25-19(18)28)27-8-3-15(4-9-27)26-11-6-20(22,23)7-12-26/h5,10,14-15H,1-4,6-9,11-13H2. The average Bonchev–Trinajstić information content (AvgIpc) is 3.41. The number of nitrogens with zero attached hydrogens (tertiary/aromatic N) is 5. The molecule has 0 amide bonds. The molecule has 2 aromatic heterocycles. The van der Waals surface area contributed by atoms with Gasteiger partial charge in [-0.15, -0.1) is 10.2 Å². The normalized spacial score (nSPS) is 24.2. The van der Waals surface area contributed by atoms with Gasteiger partial charge in [-0.3, -0.25) is 9.30 Å². The Hall–Kier alpha value is -1.47. The van der Waals surface area contributed by atoms with E-state index in [1.165, 1.54) is 12.8 Å². The van der Waals surface area contributed by atoms with Crippen LogP contribution in [0, 0.1) is 5.92 Å². The Morgan fingerprint density at radius 1 is 1.04 bits per heavy atom. The van der Waals surface area contributed by atoms with E-state index in [0.717, 1.165) is 55.4 Å². The summed E-state index contributed by atoms with van der Waals surface area (Å²) < 4.78 is 28.8. The minimum absolute atomic E-state index is 0.00815. The highest BCUT2D eigenvalue weighted by molar-refractivity contribution is 6.36. The van der Waals surface area contributed by atoms with Gasteiger partial charge < -0.3 is 4.90 Å². The third-order valence-corrected chi connectivity index (χ3v) is 6.95. The topological polar surface area (TPSA) is 36.7 Å². The Labute approximate surface area is 168 Å². The highest BCUT2D eigenvalue weighted by Crippen LogP contribution is 2.36. The van der Waals surface area contributed by atoms with Crippen molar-refractivity contribution in [2.45, 2.75) is 56.9 Å². The lowest BCUT2D eigenvalue weighted by Crippen LogP contribution is -2.49. The predicted molar refractivity (Wildman–Crippen MR) is 105 cm³/mol. The molecule has 0 aromatic carbocycles. The lowest BCUT2D eigenvalue weighted by Gasteiger charge is -2.42. The second-order valence-corrected chi connectivity index (χ2v) is 8.96. The first-order valence-electron chi connectivity index (χ1n) is 10.4. The van der Waals surface area contributed by atoms with Gasteiger partial charge in [0.1, 0.15) is 10.8 Å². The van der Waals surface area contributed by atoms with Crippen LogP contribution >= 0.6 is 11.6 Å². The first-order valence-corrected chi connectivity index (χ1v) is 10.8. The SMILES string of the molecule is FC1(F)CCN(C2CCN(c3ccn4c(CC5CC5)nnc4c3Cl)CC2)CC1. The molecule has 5 rings (SSSR count). The largest absolute Gasteiger partial charge is 0.370 e. The smallest absolute Gasteiger partial charge is 0.250 e. The molecule has 0 bridgehead atoms. The minimum atomic E-state index is -2.48. The summed E-state index contributed by atoms with van der Waals surface area (Å²) in [6.07, 6.45) is 7.51. The third-order valence-electron chi connectivity index (χ3n) is 6.59. The molecule has 0 radical (unpaired) electrons. The molecule has 0 unspecified atom stereocenters. The lowest BCUT2D eigenvalue weighted by atomic mass is 9.98. The van der Waals surface area contributed by atoms with Crippen LogP contribution in [0.15, 0.2) is 12.3 Å². The van der Waals surface area contributed by atoms with Gasteiger partial charge in [0.25, 0.3) is 5.92 Å². The maximum atomic E-state index is 13.4. The van der Waals surface area contributed by atoms with Gasteiger partial charge in [-0.05, 0) is 37.7 Å². The molecule has 0 atom stereocenters. The summed E-state index contributed by atoms with van der Waals surface area (Å²) >= 11 is 6.70. The van der Waals surface area contributed by atoms with Crippen LogP contribution in [0.3, 0.4) is 0 Å². The molecule has 2 aliphatic heterocycles. The van der Waals surface area contributed by atoms with Crippen molar-refractivity contribution < 1.29 is 8.78 Å². The lowest BCUT2D eigenvalue weighted by molar-refractivity contribution is -0.0646. The van der Waals surface area contributed by atoms with Gasteiger partial charge in [-0.25, -0.2) is 8.78 Å². The predicted octanol–water partition coefficient (Wildman–Crippen LogP) is 4.04. The van der Waals surface area contributed by atoms with Crippen LogP contribution < -0.4 is 4.90 Å². The summed E-state index contributed by atoms with van der Waals surface area (Å²) in [6.45, 7) is 2.79. The van der Waals surface area contributed by atoms with E-state index in [2.05, 4.69) is 26.1 Å². The Bertz CT molecular complexity index is 848. The van der Waals surface area contributed by atoms with Gasteiger partial charge in [-0.1, -0.05) is 11.6 Å². The minimum Gasteiger partial charge on any atom is -0.370 e. The van der Waals surface area contributed by atoms with Crippen molar-refractivity contribution in [2.24, 2.45) is 5.92 Å². The van der Waals surface area contributed by atoms with Crippen molar-refractivity contribution in [3.05, 3.63) is 23.1 Å². The number of piperidine rings is 2. The fourth-order valence-electron chi connectivity index (χ4n) is 4.61. The number of anilines is 1. The zero-order chi connectivity index (χ0) is 19.3. The zero-order valence-electron chi connectivity index (χ0n) is 16.0. The van der Waals surface area contributed by atoms with E-state index in [9.17, 15) is 8.78 Å². The van der Waals surface area contributed by atoms with E-state index in [1.807, 2.05) is 10.6 Å². The fourth-order valence-corrected chi connectivity index (χ4v) is 4.93. The van der Waals surface area contributed by atoms with Gasteiger partial charge in [-0.2, -0.15) is 0 Å². The Morgan fingerprint density at radius 3 is 2.43 bits per heavy atom. The maximum Gasteiger partial charge on any atom is 0.250 e. The van der Waals surface area contributed by atoms with E-state index in [1.54, 1.807) is 0 Å². The summed E-state index contributed by atoms with van der Waals surface area (Å²) in [5.41, 5.74) is 1.73. The second-order valence-electron chi connectivity index (χ2n) is 8.58. The number of hydrogen-bond donors (Lipinski definition) is 0. The number of pyridine rings is 1. The molecule has 2 saturated heterocycles. The molecule has 152 valence electrons. The second kappa shape index (κ2) is 7.10. The van der Waals surface area contributed by atoms with E-state index in [0.29, 0.717) is 24.2 Å². The number of likely N-dealkylation sites (tertiary alicyclic amines) is 1. The van der Waals surface area contributed by atoms with Crippen molar-refractivity contribution in [1.82, 2.24) is 19.5 Å². The van der Waals surface area contributed by atoms with E-state index in [-0.39, 0.29) is 12.8 Å². The summed E-state index contributed by atoms with van der Waals surface area (Å²) in [5, 5.41) is 9.34. The molecule has 0 spiro atoms. The Kier molecular flexibility index (Phi) is 4.70. The summed E-state index contributed by atoms with van der Waals surface area (Å²) in [7, 11) is 0. The molecule has 8 heteroatoms. The van der Waals surface area contributed by atoms with Crippen LogP contribution in [0.5, 0.6) is 0 Å². The zero-order valence-corrected chi connectivity index (χ0v) is 16.7. The van der Waals surface area contributed by atoms with Gasteiger partial charge in [0.15, 0.2) is 5.65 Å². The van der Waals surface area contributed by atoms with Gasteiger partial charge in [0, 0.05) is 57.7 Å². The van der Waals surface area contributed by atoms with E-state index in [4.69, 9.17) is 11.6 Å². The number of aromatic nitrogens is 3. The molecular formula is C20H26ClF2N5. The van der Waals surface area contributed by atoms with E-state index >= 15 is 0 Å². The quantitative estimate of drug-likeness (QED) is 0.763. The summed E-state index contributed by atoms with van der Waals surface area (Å²) in [6, 6.07) is 2.46. The molecule has 5 nitrogen and oxygen atoms in total. The first-order chi connectivity index (χ1) is 13.5. The fraction of sp³-hybridized carbons (Fsp3) is 0.700. The van der Waals surface area contributed by atoms with Crippen LogP contribution in [0.4, 0.5) is 14.5 Å². The van der Waals surface area contributed by atoms with Crippen molar-refractivity contribution in [2.75, 3.05) is 31.1 Å². The average molecular weight is 410 g/mol. The van der Waals surface area contributed by atoms with Crippen LogP contribution in [0.25, 0.3) is 5.65 Å². The number of fused-ring (bicyclic) bond motifs is 1. The number of alkyl halides is 2. The summed E-state index contributed by atoms with van der Waals surface area (Å²) in [5.74, 6) is -0.734. The van der Waals surface area contributed by atoms with Crippen molar-refractivity contribution in [1.29, 1.82) is 0 Å².